The van der Waals surface area contributed by atoms with Crippen LogP contribution in [0.15, 0.2) is 30.3 Å². The van der Waals surface area contributed by atoms with E-state index < -0.39 is 0 Å². The minimum Gasteiger partial charge on any atom is -0.493 e. The van der Waals surface area contributed by atoms with Gasteiger partial charge in [-0.15, -0.1) is 0 Å². The molecule has 4 nitrogen and oxygen atoms in total. The number of ether oxygens (including phenoxy) is 3. The van der Waals surface area contributed by atoms with Crippen LogP contribution in [0.3, 0.4) is 0 Å². The second-order valence-corrected chi connectivity index (χ2v) is 4.90. The van der Waals surface area contributed by atoms with Gasteiger partial charge in [0.05, 0.1) is 32.4 Å². The van der Waals surface area contributed by atoms with Crippen LogP contribution in [0.5, 0.6) is 17.2 Å². The Morgan fingerprint density at radius 3 is 2.24 bits per heavy atom. The first-order valence-electron chi connectivity index (χ1n) is 6.68. The molecule has 1 aromatic heterocycles. The average Bonchev–Trinajstić information content (AvgIpc) is 2.50. The zero-order valence-electron chi connectivity index (χ0n) is 12.6. The molecule has 0 N–H and O–H groups in total. The number of hydrogen-bond acceptors (Lipinski definition) is 4. The third kappa shape index (κ3) is 2.13. The quantitative estimate of drug-likeness (QED) is 0.687. The van der Waals surface area contributed by atoms with Crippen LogP contribution in [0.2, 0.25) is 0 Å². The topological polar surface area (TPSA) is 40.6 Å². The van der Waals surface area contributed by atoms with Gasteiger partial charge < -0.3 is 14.2 Å². The highest BCUT2D eigenvalue weighted by Gasteiger charge is 2.17. The summed E-state index contributed by atoms with van der Waals surface area (Å²) in [5.74, 6) is 1.84. The van der Waals surface area contributed by atoms with Crippen LogP contribution in [0.4, 0.5) is 0 Å². The van der Waals surface area contributed by atoms with E-state index in [9.17, 15) is 0 Å². The van der Waals surface area contributed by atoms with Gasteiger partial charge in [0, 0.05) is 16.8 Å². The zero-order valence-corrected chi connectivity index (χ0v) is 12.6. The number of benzene rings is 2. The smallest absolute Gasteiger partial charge is 0.204 e. The second-order valence-electron chi connectivity index (χ2n) is 4.90. The van der Waals surface area contributed by atoms with Crippen LogP contribution in [-0.4, -0.2) is 26.3 Å². The van der Waals surface area contributed by atoms with Gasteiger partial charge >= 0.3 is 0 Å². The third-order valence-corrected chi connectivity index (χ3v) is 3.57. The Morgan fingerprint density at radius 2 is 1.57 bits per heavy atom. The Kier molecular flexibility index (Phi) is 3.29. The molecule has 0 fully saturated rings. The number of aryl methyl sites for hydroxylation is 1. The van der Waals surface area contributed by atoms with Crippen LogP contribution < -0.4 is 14.2 Å². The summed E-state index contributed by atoms with van der Waals surface area (Å²) in [6, 6.07) is 10.1. The molecule has 0 aliphatic heterocycles. The van der Waals surface area contributed by atoms with E-state index in [0.717, 1.165) is 21.8 Å². The molecule has 108 valence electrons. The summed E-state index contributed by atoms with van der Waals surface area (Å²) in [5.41, 5.74) is 2.96. The van der Waals surface area contributed by atoms with Gasteiger partial charge in [0.2, 0.25) is 5.75 Å². The first kappa shape index (κ1) is 13.5. The number of nitrogens with zero attached hydrogens (tertiary/aromatic N) is 1. The summed E-state index contributed by atoms with van der Waals surface area (Å²) >= 11 is 0. The number of methoxy groups -OCH3 is 3. The zero-order chi connectivity index (χ0) is 15.0. The third-order valence-electron chi connectivity index (χ3n) is 3.57. The second kappa shape index (κ2) is 5.13. The molecule has 21 heavy (non-hydrogen) atoms. The Labute approximate surface area is 123 Å². The molecule has 1 heterocycles. The molecule has 0 atom stereocenters. The van der Waals surface area contributed by atoms with Gasteiger partial charge in [0.15, 0.2) is 11.5 Å². The Balaban J connectivity index is 2.43. The molecule has 2 aromatic carbocycles. The fraction of sp³-hybridized carbons (Fsp3) is 0.235. The molecular formula is C17H17NO3. The van der Waals surface area contributed by atoms with E-state index in [1.165, 1.54) is 5.56 Å². The molecule has 3 aromatic rings. The molecule has 0 amide bonds. The molecule has 0 bridgehead atoms. The lowest BCUT2D eigenvalue weighted by Gasteiger charge is -2.15. The summed E-state index contributed by atoms with van der Waals surface area (Å²) in [6.07, 6.45) is 0. The SMILES string of the molecule is COc1cc2nc3cc(C)ccc3cc2c(OC)c1OC. The normalized spacial score (nSPS) is 10.9. The number of pyridine rings is 1. The van der Waals surface area contributed by atoms with Gasteiger partial charge in [-0.05, 0) is 24.6 Å². The van der Waals surface area contributed by atoms with Gasteiger partial charge in [0.25, 0.3) is 0 Å². The van der Waals surface area contributed by atoms with E-state index in [1.54, 1.807) is 21.3 Å². The Morgan fingerprint density at radius 1 is 0.810 bits per heavy atom. The highest BCUT2D eigenvalue weighted by molar-refractivity contribution is 5.98. The Hall–Kier alpha value is -2.49. The summed E-state index contributed by atoms with van der Waals surface area (Å²) < 4.78 is 16.3. The summed E-state index contributed by atoms with van der Waals surface area (Å²) in [6.45, 7) is 2.06. The van der Waals surface area contributed by atoms with E-state index in [0.29, 0.717) is 17.2 Å². The van der Waals surface area contributed by atoms with Crippen LogP contribution in [0, 0.1) is 6.92 Å². The number of aromatic nitrogens is 1. The summed E-state index contributed by atoms with van der Waals surface area (Å²) in [7, 11) is 4.83. The predicted octanol–water partition coefficient (Wildman–Crippen LogP) is 3.72. The fourth-order valence-corrected chi connectivity index (χ4v) is 2.56. The van der Waals surface area contributed by atoms with Crippen molar-refractivity contribution in [3.05, 3.63) is 35.9 Å². The first-order chi connectivity index (χ1) is 10.2. The monoisotopic (exact) mass is 283 g/mol. The molecule has 0 radical (unpaired) electrons. The number of rotatable bonds is 3. The van der Waals surface area contributed by atoms with Gasteiger partial charge in [-0.1, -0.05) is 12.1 Å². The van der Waals surface area contributed by atoms with Crippen LogP contribution >= 0.6 is 0 Å². The molecule has 0 spiro atoms. The van der Waals surface area contributed by atoms with E-state index in [1.807, 2.05) is 6.07 Å². The van der Waals surface area contributed by atoms with Crippen molar-refractivity contribution < 1.29 is 14.2 Å². The van der Waals surface area contributed by atoms with Crippen molar-refractivity contribution in [2.75, 3.05) is 21.3 Å². The van der Waals surface area contributed by atoms with Gasteiger partial charge in [-0.2, -0.15) is 0 Å². The molecule has 0 saturated heterocycles. The van der Waals surface area contributed by atoms with E-state index >= 15 is 0 Å². The van der Waals surface area contributed by atoms with Crippen LogP contribution in [0.25, 0.3) is 21.8 Å². The maximum Gasteiger partial charge on any atom is 0.204 e. The lowest BCUT2D eigenvalue weighted by molar-refractivity contribution is 0.327. The Bertz CT molecular complexity index is 827. The molecule has 0 aliphatic rings. The van der Waals surface area contributed by atoms with Crippen molar-refractivity contribution in [1.29, 1.82) is 0 Å². The van der Waals surface area contributed by atoms with Crippen molar-refractivity contribution in [3.63, 3.8) is 0 Å². The molecule has 0 unspecified atom stereocenters. The first-order valence-corrected chi connectivity index (χ1v) is 6.68. The minimum absolute atomic E-state index is 0.584. The predicted molar refractivity (Wildman–Crippen MR) is 83.6 cm³/mol. The summed E-state index contributed by atoms with van der Waals surface area (Å²) in [4.78, 5) is 4.72. The maximum absolute atomic E-state index is 5.52. The molecular weight excluding hydrogens is 266 g/mol. The van der Waals surface area contributed by atoms with Crippen LogP contribution in [-0.2, 0) is 0 Å². The number of hydrogen-bond donors (Lipinski definition) is 0. The summed E-state index contributed by atoms with van der Waals surface area (Å²) in [5, 5.41) is 1.98. The average molecular weight is 283 g/mol. The van der Waals surface area contributed by atoms with E-state index in [4.69, 9.17) is 19.2 Å². The van der Waals surface area contributed by atoms with Crippen molar-refractivity contribution in [2.45, 2.75) is 6.92 Å². The largest absolute Gasteiger partial charge is 0.493 e. The van der Waals surface area contributed by atoms with Crippen molar-refractivity contribution in [2.24, 2.45) is 0 Å². The maximum atomic E-state index is 5.52. The van der Waals surface area contributed by atoms with Gasteiger partial charge in [-0.25, -0.2) is 4.98 Å². The highest BCUT2D eigenvalue weighted by Crippen LogP contribution is 2.43. The van der Waals surface area contributed by atoms with Crippen LogP contribution in [0.1, 0.15) is 5.56 Å². The van der Waals surface area contributed by atoms with E-state index in [2.05, 4.69) is 31.2 Å². The molecule has 0 saturated carbocycles. The van der Waals surface area contributed by atoms with Crippen molar-refractivity contribution >= 4 is 21.8 Å². The van der Waals surface area contributed by atoms with Gasteiger partial charge in [0.1, 0.15) is 0 Å². The molecule has 4 heteroatoms. The molecule has 0 aliphatic carbocycles. The van der Waals surface area contributed by atoms with E-state index in [-0.39, 0.29) is 0 Å². The van der Waals surface area contributed by atoms with Crippen molar-refractivity contribution in [1.82, 2.24) is 4.98 Å². The lowest BCUT2D eigenvalue weighted by Crippen LogP contribution is -1.97. The number of fused-ring (bicyclic) bond motifs is 2. The molecule has 3 rings (SSSR count). The highest BCUT2D eigenvalue weighted by atomic mass is 16.5. The fourth-order valence-electron chi connectivity index (χ4n) is 2.56. The standard InChI is InChI=1S/C17H17NO3/c1-10-5-6-11-8-12-14(18-13(11)7-10)9-15(19-2)17(21-4)16(12)20-3/h5-9H,1-4H3. The van der Waals surface area contributed by atoms with Gasteiger partial charge in [-0.3, -0.25) is 0 Å². The lowest BCUT2D eigenvalue weighted by atomic mass is 10.1. The van der Waals surface area contributed by atoms with Crippen molar-refractivity contribution in [3.8, 4) is 17.2 Å². The minimum atomic E-state index is 0.584.